The largest absolute Gasteiger partial charge is 0.478 e. The number of hydrogen-bond donors (Lipinski definition) is 2. The fourth-order valence-corrected chi connectivity index (χ4v) is 2.86. The minimum atomic E-state index is -1.17. The van der Waals surface area contributed by atoms with Crippen LogP contribution >= 0.6 is 27.3 Å². The predicted molar refractivity (Wildman–Crippen MR) is 80.1 cm³/mol. The van der Waals surface area contributed by atoms with Crippen LogP contribution in [-0.4, -0.2) is 22.6 Å². The summed E-state index contributed by atoms with van der Waals surface area (Å²) in [6.45, 7) is 2.46. The fraction of sp³-hybridized carbons (Fsp3) is 0.231. The summed E-state index contributed by atoms with van der Waals surface area (Å²) in [6.07, 6.45) is 0.683. The molecule has 0 spiro atoms. The average molecular weight is 359 g/mol. The number of thiazole rings is 1. The van der Waals surface area contributed by atoms with Crippen molar-refractivity contribution in [1.82, 2.24) is 4.98 Å². The SMILES string of the molecule is Cc1nc(CCNc2ccc(C(=O)O)c(Br)c2F)cs1. The fourth-order valence-electron chi connectivity index (χ4n) is 1.70. The van der Waals surface area contributed by atoms with Crippen LogP contribution in [0.25, 0.3) is 0 Å². The molecule has 0 saturated heterocycles. The van der Waals surface area contributed by atoms with Gasteiger partial charge in [0.25, 0.3) is 0 Å². The van der Waals surface area contributed by atoms with Gasteiger partial charge in [-0.15, -0.1) is 11.3 Å². The molecule has 0 atom stereocenters. The molecule has 106 valence electrons. The lowest BCUT2D eigenvalue weighted by molar-refractivity contribution is 0.0695. The van der Waals surface area contributed by atoms with E-state index in [9.17, 15) is 9.18 Å². The van der Waals surface area contributed by atoms with Crippen LogP contribution in [0.15, 0.2) is 22.0 Å². The summed E-state index contributed by atoms with van der Waals surface area (Å²) in [5.41, 5.74) is 1.14. The highest BCUT2D eigenvalue weighted by Gasteiger charge is 2.15. The molecule has 0 aliphatic carbocycles. The Morgan fingerprint density at radius 3 is 2.90 bits per heavy atom. The number of carboxylic acids is 1. The summed E-state index contributed by atoms with van der Waals surface area (Å²) in [4.78, 5) is 15.2. The summed E-state index contributed by atoms with van der Waals surface area (Å²) in [6, 6.07) is 2.79. The molecule has 0 amide bonds. The molecule has 7 heteroatoms. The van der Waals surface area contributed by atoms with E-state index >= 15 is 0 Å². The first-order chi connectivity index (χ1) is 9.49. The highest BCUT2D eigenvalue weighted by Crippen LogP contribution is 2.27. The minimum Gasteiger partial charge on any atom is -0.478 e. The third kappa shape index (κ3) is 3.34. The third-order valence-electron chi connectivity index (χ3n) is 2.68. The van der Waals surface area contributed by atoms with Crippen LogP contribution < -0.4 is 5.32 Å². The van der Waals surface area contributed by atoms with Crippen molar-refractivity contribution in [1.29, 1.82) is 0 Å². The number of rotatable bonds is 5. The number of hydrogen-bond acceptors (Lipinski definition) is 4. The second-order valence-corrected chi connectivity index (χ2v) is 5.98. The van der Waals surface area contributed by atoms with Crippen LogP contribution in [0, 0.1) is 12.7 Å². The van der Waals surface area contributed by atoms with Crippen molar-refractivity contribution < 1.29 is 14.3 Å². The molecule has 20 heavy (non-hydrogen) atoms. The predicted octanol–water partition coefficient (Wildman–Crippen LogP) is 3.71. The standard InChI is InChI=1S/C13H12BrFN2O2S/c1-7-17-8(6-20-7)4-5-16-10-3-2-9(13(18)19)11(14)12(10)15/h2-3,6,16H,4-5H2,1H3,(H,18,19). The van der Waals surface area contributed by atoms with E-state index in [2.05, 4.69) is 26.2 Å². The van der Waals surface area contributed by atoms with Gasteiger partial charge in [0, 0.05) is 18.3 Å². The van der Waals surface area contributed by atoms with Crippen LogP contribution in [0.1, 0.15) is 21.1 Å². The van der Waals surface area contributed by atoms with Crippen molar-refractivity contribution in [3.05, 3.63) is 44.1 Å². The van der Waals surface area contributed by atoms with Crippen molar-refractivity contribution in [2.75, 3.05) is 11.9 Å². The lowest BCUT2D eigenvalue weighted by atomic mass is 10.2. The van der Waals surface area contributed by atoms with Gasteiger partial charge < -0.3 is 10.4 Å². The third-order valence-corrected chi connectivity index (χ3v) is 4.27. The maximum Gasteiger partial charge on any atom is 0.336 e. The van der Waals surface area contributed by atoms with Crippen molar-refractivity contribution in [3.8, 4) is 0 Å². The molecular formula is C13H12BrFN2O2S. The van der Waals surface area contributed by atoms with Gasteiger partial charge in [0.2, 0.25) is 0 Å². The van der Waals surface area contributed by atoms with E-state index in [-0.39, 0.29) is 15.7 Å². The van der Waals surface area contributed by atoms with Crippen LogP contribution in [0.2, 0.25) is 0 Å². The van der Waals surface area contributed by atoms with Gasteiger partial charge in [-0.05, 0) is 35.0 Å². The summed E-state index contributed by atoms with van der Waals surface area (Å²) in [7, 11) is 0. The molecule has 0 aliphatic rings. The summed E-state index contributed by atoms with van der Waals surface area (Å²) < 4.78 is 13.9. The first-order valence-electron chi connectivity index (χ1n) is 5.85. The number of carboxylic acid groups (broad SMARTS) is 1. The van der Waals surface area contributed by atoms with Gasteiger partial charge in [0.05, 0.1) is 26.4 Å². The van der Waals surface area contributed by atoms with Crippen LogP contribution in [-0.2, 0) is 6.42 Å². The first kappa shape index (κ1) is 14.9. The first-order valence-corrected chi connectivity index (χ1v) is 7.52. The van der Waals surface area contributed by atoms with E-state index in [1.165, 1.54) is 12.1 Å². The molecule has 0 fully saturated rings. The van der Waals surface area contributed by atoms with E-state index in [4.69, 9.17) is 5.11 Å². The maximum absolute atomic E-state index is 14.0. The number of benzene rings is 1. The van der Waals surface area contributed by atoms with E-state index < -0.39 is 11.8 Å². The Morgan fingerprint density at radius 2 is 2.30 bits per heavy atom. The zero-order valence-corrected chi connectivity index (χ0v) is 13.0. The van der Waals surface area contributed by atoms with Gasteiger partial charge in [0.15, 0.2) is 5.82 Å². The summed E-state index contributed by atoms with van der Waals surface area (Å²) in [5, 5.41) is 14.8. The van der Waals surface area contributed by atoms with Crippen LogP contribution in [0.4, 0.5) is 10.1 Å². The van der Waals surface area contributed by atoms with Gasteiger partial charge in [-0.25, -0.2) is 14.2 Å². The number of aromatic nitrogens is 1. The number of carbonyl (C=O) groups is 1. The van der Waals surface area contributed by atoms with Gasteiger partial charge >= 0.3 is 5.97 Å². The Labute approximate surface area is 127 Å². The lowest BCUT2D eigenvalue weighted by Crippen LogP contribution is -2.08. The smallest absolute Gasteiger partial charge is 0.336 e. The molecule has 0 aliphatic heterocycles. The number of nitrogens with one attached hydrogen (secondary N) is 1. The zero-order chi connectivity index (χ0) is 14.7. The van der Waals surface area contributed by atoms with Crippen molar-refractivity contribution in [2.45, 2.75) is 13.3 Å². The normalized spacial score (nSPS) is 10.6. The van der Waals surface area contributed by atoms with E-state index in [1.807, 2.05) is 12.3 Å². The molecule has 2 rings (SSSR count). The Morgan fingerprint density at radius 1 is 1.55 bits per heavy atom. The van der Waals surface area contributed by atoms with Gasteiger partial charge in [-0.3, -0.25) is 0 Å². The molecule has 2 N–H and O–H groups in total. The molecule has 0 bridgehead atoms. The summed E-state index contributed by atoms with van der Waals surface area (Å²) >= 11 is 4.54. The average Bonchev–Trinajstić information content (AvgIpc) is 2.80. The molecule has 4 nitrogen and oxygen atoms in total. The topological polar surface area (TPSA) is 62.2 Å². The minimum absolute atomic E-state index is 0.0421. The molecule has 1 aromatic heterocycles. The zero-order valence-electron chi connectivity index (χ0n) is 10.6. The maximum atomic E-state index is 14.0. The molecular weight excluding hydrogens is 347 g/mol. The molecule has 2 aromatic rings. The molecule has 1 aromatic carbocycles. The van der Waals surface area contributed by atoms with Crippen molar-refractivity contribution >= 4 is 38.9 Å². The van der Waals surface area contributed by atoms with Crippen molar-refractivity contribution in [3.63, 3.8) is 0 Å². The summed E-state index contributed by atoms with van der Waals surface area (Å²) in [5.74, 6) is -1.76. The molecule has 1 heterocycles. The Hall–Kier alpha value is -1.47. The lowest BCUT2D eigenvalue weighted by Gasteiger charge is -2.09. The highest BCUT2D eigenvalue weighted by atomic mass is 79.9. The number of anilines is 1. The number of halogens is 2. The van der Waals surface area contributed by atoms with Crippen molar-refractivity contribution in [2.24, 2.45) is 0 Å². The molecule has 0 unspecified atom stereocenters. The van der Waals surface area contributed by atoms with E-state index in [1.54, 1.807) is 11.3 Å². The molecule has 0 saturated carbocycles. The number of aryl methyl sites for hydroxylation is 1. The van der Waals surface area contributed by atoms with Gasteiger partial charge in [-0.2, -0.15) is 0 Å². The Bertz CT molecular complexity index is 645. The quantitative estimate of drug-likeness (QED) is 0.855. The van der Waals surface area contributed by atoms with Crippen LogP contribution in [0.3, 0.4) is 0 Å². The van der Waals surface area contributed by atoms with Gasteiger partial charge in [0.1, 0.15) is 0 Å². The monoisotopic (exact) mass is 358 g/mol. The Balaban J connectivity index is 2.03. The second-order valence-electron chi connectivity index (χ2n) is 4.13. The van der Waals surface area contributed by atoms with E-state index in [0.29, 0.717) is 13.0 Å². The number of aromatic carboxylic acids is 1. The molecule has 0 radical (unpaired) electrons. The van der Waals surface area contributed by atoms with Gasteiger partial charge in [-0.1, -0.05) is 0 Å². The second kappa shape index (κ2) is 6.32. The highest BCUT2D eigenvalue weighted by molar-refractivity contribution is 9.10. The Kier molecular flexibility index (Phi) is 4.72. The van der Waals surface area contributed by atoms with Crippen LogP contribution in [0.5, 0.6) is 0 Å². The number of nitrogens with zero attached hydrogens (tertiary/aromatic N) is 1. The van der Waals surface area contributed by atoms with E-state index in [0.717, 1.165) is 10.7 Å².